The number of aromatic nitrogens is 1. The first-order chi connectivity index (χ1) is 15.1. The number of H-pyrrole nitrogens is 1. The fraction of sp³-hybridized carbons (Fsp3) is 0.160. The Morgan fingerprint density at radius 2 is 1.90 bits per heavy atom. The fourth-order valence-corrected chi connectivity index (χ4v) is 4.35. The van der Waals surface area contributed by atoms with Crippen LogP contribution in [0.3, 0.4) is 0 Å². The molecule has 5 nitrogen and oxygen atoms in total. The summed E-state index contributed by atoms with van der Waals surface area (Å²) < 4.78 is 18.9. The van der Waals surface area contributed by atoms with E-state index in [9.17, 15) is 9.18 Å². The first kappa shape index (κ1) is 19.2. The molecule has 4 aromatic rings. The van der Waals surface area contributed by atoms with E-state index in [4.69, 9.17) is 4.74 Å². The van der Waals surface area contributed by atoms with Crippen molar-refractivity contribution < 1.29 is 13.9 Å². The summed E-state index contributed by atoms with van der Waals surface area (Å²) in [5.74, 6) is 0.369. The summed E-state index contributed by atoms with van der Waals surface area (Å²) >= 11 is 0. The summed E-state index contributed by atoms with van der Waals surface area (Å²) in [6.45, 7) is 0.548. The van der Waals surface area contributed by atoms with Gasteiger partial charge < -0.3 is 19.9 Å². The number of rotatable bonds is 3. The van der Waals surface area contributed by atoms with Crippen LogP contribution < -0.4 is 10.1 Å². The van der Waals surface area contributed by atoms with Gasteiger partial charge in [-0.2, -0.15) is 0 Å². The van der Waals surface area contributed by atoms with Crippen LogP contribution in [-0.2, 0) is 6.42 Å². The van der Waals surface area contributed by atoms with Crippen LogP contribution in [0.15, 0.2) is 72.8 Å². The number of anilines is 1. The van der Waals surface area contributed by atoms with Crippen molar-refractivity contribution in [3.05, 3.63) is 95.4 Å². The number of hydrogen-bond acceptors (Lipinski definition) is 2. The molecular formula is C25H22FN3O2. The quantitative estimate of drug-likeness (QED) is 0.465. The van der Waals surface area contributed by atoms with E-state index in [0.29, 0.717) is 12.2 Å². The zero-order valence-corrected chi connectivity index (χ0v) is 17.1. The molecule has 0 spiro atoms. The van der Waals surface area contributed by atoms with Gasteiger partial charge in [0, 0.05) is 28.8 Å². The smallest absolute Gasteiger partial charge is 0.322 e. The Morgan fingerprint density at radius 1 is 1.10 bits per heavy atom. The van der Waals surface area contributed by atoms with E-state index in [2.05, 4.69) is 22.4 Å². The monoisotopic (exact) mass is 415 g/mol. The fourth-order valence-electron chi connectivity index (χ4n) is 4.35. The lowest BCUT2D eigenvalue weighted by molar-refractivity contribution is 0.193. The molecule has 0 saturated carbocycles. The number of para-hydroxylation sites is 1. The molecule has 1 aliphatic heterocycles. The van der Waals surface area contributed by atoms with Crippen molar-refractivity contribution >= 4 is 22.6 Å². The van der Waals surface area contributed by atoms with Crippen molar-refractivity contribution in [1.82, 2.24) is 9.88 Å². The van der Waals surface area contributed by atoms with Crippen LogP contribution in [0.4, 0.5) is 14.9 Å². The number of aromatic amines is 1. The maximum absolute atomic E-state index is 13.6. The molecule has 0 saturated heterocycles. The maximum Gasteiger partial charge on any atom is 0.322 e. The van der Waals surface area contributed by atoms with Crippen LogP contribution in [0.1, 0.15) is 22.9 Å². The molecular weight excluding hydrogens is 393 g/mol. The van der Waals surface area contributed by atoms with Crippen molar-refractivity contribution in [2.24, 2.45) is 0 Å². The third-order valence-electron chi connectivity index (χ3n) is 5.80. The number of urea groups is 1. The Kier molecular flexibility index (Phi) is 4.82. The van der Waals surface area contributed by atoms with Gasteiger partial charge in [-0.1, -0.05) is 36.4 Å². The summed E-state index contributed by atoms with van der Waals surface area (Å²) in [4.78, 5) is 18.6. The second kappa shape index (κ2) is 7.80. The molecule has 5 rings (SSSR count). The first-order valence-electron chi connectivity index (χ1n) is 10.2. The van der Waals surface area contributed by atoms with Crippen LogP contribution in [0.5, 0.6) is 5.75 Å². The summed E-state index contributed by atoms with van der Waals surface area (Å²) in [5, 5.41) is 4.03. The second-order valence-corrected chi connectivity index (χ2v) is 7.62. The van der Waals surface area contributed by atoms with Crippen LogP contribution in [0, 0.1) is 5.82 Å². The van der Waals surface area contributed by atoms with Gasteiger partial charge in [-0.3, -0.25) is 0 Å². The Morgan fingerprint density at radius 3 is 2.68 bits per heavy atom. The topological polar surface area (TPSA) is 57.4 Å². The molecule has 2 amide bonds. The molecule has 0 bridgehead atoms. The number of carbonyl (C=O) groups excluding carboxylic acids is 1. The van der Waals surface area contributed by atoms with Crippen LogP contribution in [0.25, 0.3) is 10.9 Å². The highest BCUT2D eigenvalue weighted by molar-refractivity contribution is 5.91. The Bertz CT molecular complexity index is 1250. The predicted octanol–water partition coefficient (Wildman–Crippen LogP) is 5.50. The van der Waals surface area contributed by atoms with Crippen molar-refractivity contribution in [2.45, 2.75) is 12.5 Å². The largest absolute Gasteiger partial charge is 0.497 e. The van der Waals surface area contributed by atoms with E-state index in [-0.39, 0.29) is 17.9 Å². The molecule has 0 radical (unpaired) electrons. The maximum atomic E-state index is 13.6. The van der Waals surface area contributed by atoms with Crippen molar-refractivity contribution in [3.8, 4) is 5.75 Å². The third-order valence-corrected chi connectivity index (χ3v) is 5.80. The summed E-state index contributed by atoms with van der Waals surface area (Å²) in [6, 6.07) is 21.3. The highest BCUT2D eigenvalue weighted by Crippen LogP contribution is 2.39. The number of ether oxygens (including phenoxy) is 1. The number of hydrogen-bond donors (Lipinski definition) is 2. The molecule has 3 aromatic carbocycles. The van der Waals surface area contributed by atoms with E-state index in [1.165, 1.54) is 23.1 Å². The van der Waals surface area contributed by atoms with Gasteiger partial charge in [-0.15, -0.1) is 0 Å². The molecule has 2 heterocycles. The lowest BCUT2D eigenvalue weighted by Gasteiger charge is -2.36. The zero-order chi connectivity index (χ0) is 21.4. The summed E-state index contributed by atoms with van der Waals surface area (Å²) in [6.07, 6.45) is 0.739. The predicted molar refractivity (Wildman–Crippen MR) is 119 cm³/mol. The minimum absolute atomic E-state index is 0.268. The van der Waals surface area contributed by atoms with Crippen molar-refractivity contribution in [1.29, 1.82) is 0 Å². The van der Waals surface area contributed by atoms with Crippen LogP contribution in [-0.4, -0.2) is 29.6 Å². The highest BCUT2D eigenvalue weighted by Gasteiger charge is 2.34. The Labute approximate surface area is 179 Å². The number of benzene rings is 3. The molecule has 6 heteroatoms. The molecule has 0 aliphatic carbocycles. The van der Waals surface area contributed by atoms with Gasteiger partial charge in [0.05, 0.1) is 13.2 Å². The molecule has 1 atom stereocenters. The molecule has 1 unspecified atom stereocenters. The Balaban J connectivity index is 1.57. The Hall–Kier alpha value is -3.80. The lowest BCUT2D eigenvalue weighted by atomic mass is 9.92. The second-order valence-electron chi connectivity index (χ2n) is 7.62. The van der Waals surface area contributed by atoms with E-state index >= 15 is 0 Å². The normalized spacial score (nSPS) is 15.5. The van der Waals surface area contributed by atoms with E-state index < -0.39 is 0 Å². The minimum atomic E-state index is -0.388. The van der Waals surface area contributed by atoms with Gasteiger partial charge in [0.15, 0.2) is 0 Å². The number of amides is 2. The number of nitrogens with one attached hydrogen (secondary N) is 2. The third kappa shape index (κ3) is 3.50. The average molecular weight is 415 g/mol. The van der Waals surface area contributed by atoms with Crippen molar-refractivity contribution in [3.63, 3.8) is 0 Å². The number of methoxy groups -OCH3 is 1. The SMILES string of the molecule is COc1ccc(C2c3[nH]c4ccccc4c3CCN2C(=O)Nc2cccc(F)c2)cc1. The van der Waals surface area contributed by atoms with Gasteiger partial charge in [0.2, 0.25) is 0 Å². The summed E-state index contributed by atoms with van der Waals surface area (Å²) in [5.41, 5.74) is 4.69. The highest BCUT2D eigenvalue weighted by atomic mass is 19.1. The van der Waals surface area contributed by atoms with Gasteiger partial charge in [-0.25, -0.2) is 9.18 Å². The van der Waals surface area contributed by atoms with Crippen molar-refractivity contribution in [2.75, 3.05) is 19.0 Å². The molecule has 2 N–H and O–H groups in total. The average Bonchev–Trinajstić information content (AvgIpc) is 3.17. The van der Waals surface area contributed by atoms with Gasteiger partial charge in [0.25, 0.3) is 0 Å². The van der Waals surface area contributed by atoms with E-state index in [0.717, 1.165) is 28.9 Å². The molecule has 31 heavy (non-hydrogen) atoms. The lowest BCUT2D eigenvalue weighted by Crippen LogP contribution is -2.43. The van der Waals surface area contributed by atoms with Gasteiger partial charge in [0.1, 0.15) is 11.6 Å². The van der Waals surface area contributed by atoms with Gasteiger partial charge in [-0.05, 0) is 53.9 Å². The van der Waals surface area contributed by atoms with Gasteiger partial charge >= 0.3 is 6.03 Å². The molecule has 1 aliphatic rings. The van der Waals surface area contributed by atoms with Crippen LogP contribution in [0.2, 0.25) is 0 Å². The summed E-state index contributed by atoms with van der Waals surface area (Å²) in [7, 11) is 1.63. The number of nitrogens with zero attached hydrogens (tertiary/aromatic N) is 1. The zero-order valence-electron chi connectivity index (χ0n) is 17.1. The van der Waals surface area contributed by atoms with E-state index in [1.807, 2.05) is 36.4 Å². The number of fused-ring (bicyclic) bond motifs is 3. The standard InChI is InChI=1S/C25H22FN3O2/c1-31-19-11-9-16(10-12-19)24-23-21(20-7-2-3-8-22(20)28-23)13-14-29(24)25(30)27-18-6-4-5-17(26)15-18/h2-12,15,24,28H,13-14H2,1H3,(H,27,30). The van der Waals surface area contributed by atoms with E-state index in [1.54, 1.807) is 24.1 Å². The number of halogens is 1. The molecule has 0 fully saturated rings. The molecule has 156 valence electrons. The number of carbonyl (C=O) groups is 1. The first-order valence-corrected chi connectivity index (χ1v) is 10.2. The molecule has 1 aromatic heterocycles. The van der Waals surface area contributed by atoms with Crippen LogP contribution >= 0.6 is 0 Å². The minimum Gasteiger partial charge on any atom is -0.497 e.